The lowest BCUT2D eigenvalue weighted by Gasteiger charge is -2.11. The molecule has 4 rings (SSSR count). The summed E-state index contributed by atoms with van der Waals surface area (Å²) in [4.78, 5) is 4.02. The van der Waals surface area contributed by atoms with Crippen molar-refractivity contribution in [1.82, 2.24) is 19.9 Å². The van der Waals surface area contributed by atoms with Crippen LogP contribution in [-0.4, -0.2) is 19.9 Å². The summed E-state index contributed by atoms with van der Waals surface area (Å²) in [5.41, 5.74) is -1.01. The van der Waals surface area contributed by atoms with Gasteiger partial charge in [-0.3, -0.25) is 9.67 Å². The molecule has 0 unspecified atom stereocenters. The molecule has 0 aliphatic rings. The van der Waals surface area contributed by atoms with Crippen LogP contribution in [-0.2, 0) is 12.7 Å². The molecule has 4 aromatic rings. The van der Waals surface area contributed by atoms with Gasteiger partial charge in [-0.25, -0.2) is 4.39 Å². The van der Waals surface area contributed by atoms with Crippen molar-refractivity contribution in [3.05, 3.63) is 77.1 Å². The van der Waals surface area contributed by atoms with Gasteiger partial charge in [-0.05, 0) is 24.3 Å². The van der Waals surface area contributed by atoms with Crippen molar-refractivity contribution >= 4 is 11.6 Å². The van der Waals surface area contributed by atoms with Crippen LogP contribution in [0, 0.1) is 5.82 Å². The first-order chi connectivity index (χ1) is 13.8. The van der Waals surface area contributed by atoms with Crippen molar-refractivity contribution in [2.75, 3.05) is 0 Å². The third-order valence-electron chi connectivity index (χ3n) is 4.14. The Morgan fingerprint density at radius 1 is 1.10 bits per heavy atom. The van der Waals surface area contributed by atoms with Crippen LogP contribution in [0.25, 0.3) is 22.6 Å². The van der Waals surface area contributed by atoms with Crippen LogP contribution in [0.4, 0.5) is 17.6 Å². The monoisotopic (exact) mass is 422 g/mol. The standard InChI is InChI=1S/C19H11ClF4N4O/c20-13-5-3-6-14(21)17(13)15-8-16(29-27-15)12-9-26-28(18(12)19(22,23)24)10-11-4-1-2-7-25-11/h1-9H,10H2. The summed E-state index contributed by atoms with van der Waals surface area (Å²) in [5, 5.41) is 7.59. The van der Waals surface area contributed by atoms with Crippen LogP contribution < -0.4 is 0 Å². The van der Waals surface area contributed by atoms with Gasteiger partial charge in [-0.1, -0.05) is 28.9 Å². The molecule has 3 heterocycles. The first-order valence-corrected chi connectivity index (χ1v) is 8.67. The predicted octanol–water partition coefficient (Wildman–Crippen LogP) is 5.46. The van der Waals surface area contributed by atoms with Gasteiger partial charge in [0.15, 0.2) is 11.5 Å². The summed E-state index contributed by atoms with van der Waals surface area (Å²) < 4.78 is 61.2. The van der Waals surface area contributed by atoms with Crippen LogP contribution in [0.15, 0.2) is 59.4 Å². The summed E-state index contributed by atoms with van der Waals surface area (Å²) in [6.45, 7) is -0.185. The molecule has 5 nitrogen and oxygen atoms in total. The summed E-state index contributed by atoms with van der Waals surface area (Å²) in [6, 6.07) is 10.1. The lowest BCUT2D eigenvalue weighted by molar-refractivity contribution is -0.143. The van der Waals surface area contributed by atoms with E-state index in [-0.39, 0.29) is 34.1 Å². The Morgan fingerprint density at radius 3 is 2.62 bits per heavy atom. The van der Waals surface area contributed by atoms with E-state index in [2.05, 4.69) is 15.2 Å². The van der Waals surface area contributed by atoms with E-state index in [1.54, 1.807) is 18.2 Å². The molecule has 3 aromatic heterocycles. The summed E-state index contributed by atoms with van der Waals surface area (Å²) in [7, 11) is 0. The minimum absolute atomic E-state index is 0.0197. The number of hydrogen-bond acceptors (Lipinski definition) is 4. The van der Waals surface area contributed by atoms with Crippen molar-refractivity contribution in [3.8, 4) is 22.6 Å². The Kier molecular flexibility index (Phi) is 4.83. The van der Waals surface area contributed by atoms with Gasteiger partial charge in [0.25, 0.3) is 0 Å². The summed E-state index contributed by atoms with van der Waals surface area (Å²) in [5.74, 6) is -0.877. The van der Waals surface area contributed by atoms with Gasteiger partial charge in [-0.2, -0.15) is 18.3 Å². The Morgan fingerprint density at radius 2 is 1.93 bits per heavy atom. The summed E-state index contributed by atoms with van der Waals surface area (Å²) >= 11 is 5.99. The Bertz CT molecular complexity index is 1130. The Balaban J connectivity index is 1.77. The molecule has 0 bridgehead atoms. The lowest BCUT2D eigenvalue weighted by atomic mass is 10.1. The number of alkyl halides is 3. The van der Waals surface area contributed by atoms with Crippen molar-refractivity contribution in [2.45, 2.75) is 12.7 Å². The first-order valence-electron chi connectivity index (χ1n) is 8.29. The van der Waals surface area contributed by atoms with E-state index in [1.165, 1.54) is 30.5 Å². The number of rotatable bonds is 4. The average Bonchev–Trinajstić information content (AvgIpc) is 3.29. The van der Waals surface area contributed by atoms with Crippen molar-refractivity contribution in [1.29, 1.82) is 0 Å². The number of pyridine rings is 1. The molecular formula is C19H11ClF4N4O. The second-order valence-electron chi connectivity index (χ2n) is 6.06. The van der Waals surface area contributed by atoms with E-state index in [0.717, 1.165) is 10.9 Å². The van der Waals surface area contributed by atoms with Crippen molar-refractivity contribution in [3.63, 3.8) is 0 Å². The third kappa shape index (κ3) is 3.73. The minimum atomic E-state index is -4.72. The van der Waals surface area contributed by atoms with Crippen LogP contribution in [0.1, 0.15) is 11.4 Å². The van der Waals surface area contributed by atoms with Gasteiger partial charge in [0.1, 0.15) is 11.5 Å². The van der Waals surface area contributed by atoms with E-state index in [1.807, 2.05) is 0 Å². The molecule has 0 atom stereocenters. The fourth-order valence-electron chi connectivity index (χ4n) is 2.89. The molecule has 0 spiro atoms. The zero-order valence-electron chi connectivity index (χ0n) is 14.5. The molecule has 0 saturated carbocycles. The molecule has 0 aliphatic heterocycles. The van der Waals surface area contributed by atoms with Gasteiger partial charge in [0.2, 0.25) is 0 Å². The van der Waals surface area contributed by atoms with E-state index in [9.17, 15) is 17.6 Å². The molecule has 0 N–H and O–H groups in total. The summed E-state index contributed by atoms with van der Waals surface area (Å²) in [6.07, 6.45) is -2.21. The molecule has 0 amide bonds. The Hall–Kier alpha value is -3.20. The SMILES string of the molecule is Fc1cccc(Cl)c1-c1cc(-c2cnn(Cc3ccccn3)c2C(F)(F)F)on1. The molecule has 0 aliphatic carbocycles. The van der Waals surface area contributed by atoms with Gasteiger partial charge in [-0.15, -0.1) is 0 Å². The highest BCUT2D eigenvalue weighted by Gasteiger charge is 2.39. The number of nitrogens with zero attached hydrogens (tertiary/aromatic N) is 4. The van der Waals surface area contributed by atoms with Gasteiger partial charge < -0.3 is 4.52 Å². The predicted molar refractivity (Wildman–Crippen MR) is 96.5 cm³/mol. The number of hydrogen-bond donors (Lipinski definition) is 0. The maximum Gasteiger partial charge on any atom is 0.433 e. The van der Waals surface area contributed by atoms with Gasteiger partial charge in [0.05, 0.1) is 34.6 Å². The zero-order chi connectivity index (χ0) is 20.6. The number of halogens is 5. The van der Waals surface area contributed by atoms with E-state index in [0.29, 0.717) is 5.69 Å². The van der Waals surface area contributed by atoms with Crippen LogP contribution in [0.5, 0.6) is 0 Å². The lowest BCUT2D eigenvalue weighted by Crippen LogP contribution is -2.16. The molecule has 0 fully saturated rings. The molecule has 10 heteroatoms. The third-order valence-corrected chi connectivity index (χ3v) is 4.46. The second-order valence-corrected chi connectivity index (χ2v) is 6.46. The fraction of sp³-hybridized carbons (Fsp3) is 0.105. The van der Waals surface area contributed by atoms with E-state index < -0.39 is 17.7 Å². The van der Waals surface area contributed by atoms with Crippen molar-refractivity contribution < 1.29 is 22.1 Å². The van der Waals surface area contributed by atoms with E-state index in [4.69, 9.17) is 16.1 Å². The number of aromatic nitrogens is 4. The van der Waals surface area contributed by atoms with Crippen LogP contribution in [0.3, 0.4) is 0 Å². The van der Waals surface area contributed by atoms with Crippen LogP contribution in [0.2, 0.25) is 5.02 Å². The topological polar surface area (TPSA) is 56.7 Å². The highest BCUT2D eigenvalue weighted by molar-refractivity contribution is 6.33. The maximum absolute atomic E-state index is 14.1. The normalized spacial score (nSPS) is 11.8. The Labute approximate surface area is 166 Å². The largest absolute Gasteiger partial charge is 0.433 e. The van der Waals surface area contributed by atoms with Gasteiger partial charge >= 0.3 is 6.18 Å². The molecule has 148 valence electrons. The second kappa shape index (κ2) is 7.32. The highest BCUT2D eigenvalue weighted by atomic mass is 35.5. The smallest absolute Gasteiger partial charge is 0.356 e. The maximum atomic E-state index is 14.1. The molecule has 1 aromatic carbocycles. The quantitative estimate of drug-likeness (QED) is 0.410. The molecular weight excluding hydrogens is 412 g/mol. The molecule has 0 radical (unpaired) electrons. The molecule has 29 heavy (non-hydrogen) atoms. The fourth-order valence-corrected chi connectivity index (χ4v) is 3.15. The van der Waals surface area contributed by atoms with E-state index >= 15 is 0 Å². The van der Waals surface area contributed by atoms with Crippen molar-refractivity contribution in [2.24, 2.45) is 0 Å². The minimum Gasteiger partial charge on any atom is -0.356 e. The average molecular weight is 423 g/mol. The highest BCUT2D eigenvalue weighted by Crippen LogP contribution is 2.39. The van der Waals surface area contributed by atoms with Gasteiger partial charge in [0, 0.05) is 12.3 Å². The zero-order valence-corrected chi connectivity index (χ0v) is 15.2. The molecule has 0 saturated heterocycles. The number of benzene rings is 1. The van der Waals surface area contributed by atoms with Crippen LogP contribution >= 0.6 is 11.6 Å². The first kappa shape index (κ1) is 19.1.